The zero-order chi connectivity index (χ0) is 13.7. The van der Waals surface area contributed by atoms with Crippen molar-refractivity contribution >= 4 is 23.3 Å². The summed E-state index contributed by atoms with van der Waals surface area (Å²) in [6.45, 7) is 3.78. The standard InChI is InChI=1S/C12H14ClF2NO2/c1-3-18-12(17)7(2)6-16-11-9(13)4-8(14)5-10(11)15/h4-5,7,16H,3,6H2,1-2H3. The van der Waals surface area contributed by atoms with Gasteiger partial charge < -0.3 is 10.1 Å². The quantitative estimate of drug-likeness (QED) is 0.840. The van der Waals surface area contributed by atoms with Crippen molar-refractivity contribution in [1.82, 2.24) is 0 Å². The predicted octanol–water partition coefficient (Wildman–Crippen LogP) is 3.23. The predicted molar refractivity (Wildman–Crippen MR) is 65.7 cm³/mol. The fraction of sp³-hybridized carbons (Fsp3) is 0.417. The van der Waals surface area contributed by atoms with Crippen molar-refractivity contribution in [3.05, 3.63) is 28.8 Å². The lowest BCUT2D eigenvalue weighted by molar-refractivity contribution is -0.146. The molecule has 0 aliphatic carbocycles. The minimum atomic E-state index is -0.795. The molecule has 1 N–H and O–H groups in total. The summed E-state index contributed by atoms with van der Waals surface area (Å²) < 4.78 is 31.0. The first-order chi connectivity index (χ1) is 8.45. The first kappa shape index (κ1) is 14.7. The second kappa shape index (κ2) is 6.54. The maximum Gasteiger partial charge on any atom is 0.310 e. The highest BCUT2D eigenvalue weighted by Gasteiger charge is 2.16. The van der Waals surface area contributed by atoms with E-state index in [1.54, 1.807) is 13.8 Å². The minimum absolute atomic E-state index is 0.0192. The lowest BCUT2D eigenvalue weighted by Crippen LogP contribution is -2.23. The van der Waals surface area contributed by atoms with E-state index in [0.717, 1.165) is 12.1 Å². The molecule has 0 aliphatic rings. The maximum absolute atomic E-state index is 13.4. The van der Waals surface area contributed by atoms with Crippen LogP contribution >= 0.6 is 11.6 Å². The Morgan fingerprint density at radius 1 is 1.50 bits per heavy atom. The number of carbonyl (C=O) groups is 1. The Bertz CT molecular complexity index is 417. The fourth-order valence-corrected chi connectivity index (χ4v) is 1.60. The molecule has 0 saturated carbocycles. The summed E-state index contributed by atoms with van der Waals surface area (Å²) in [6, 6.07) is 1.73. The molecule has 0 radical (unpaired) electrons. The highest BCUT2D eigenvalue weighted by Crippen LogP contribution is 2.26. The molecule has 18 heavy (non-hydrogen) atoms. The van der Waals surface area contributed by atoms with E-state index in [0.29, 0.717) is 0 Å². The van der Waals surface area contributed by atoms with Gasteiger partial charge in [-0.3, -0.25) is 4.79 Å². The molecule has 0 fully saturated rings. The van der Waals surface area contributed by atoms with Crippen molar-refractivity contribution in [1.29, 1.82) is 0 Å². The zero-order valence-corrected chi connectivity index (χ0v) is 10.9. The van der Waals surface area contributed by atoms with Crippen LogP contribution in [0.25, 0.3) is 0 Å². The number of benzene rings is 1. The number of rotatable bonds is 5. The molecule has 0 bridgehead atoms. The van der Waals surface area contributed by atoms with Crippen LogP contribution in [0.15, 0.2) is 12.1 Å². The van der Waals surface area contributed by atoms with Crippen LogP contribution in [-0.2, 0) is 9.53 Å². The smallest absolute Gasteiger partial charge is 0.310 e. The maximum atomic E-state index is 13.4. The van der Waals surface area contributed by atoms with Crippen molar-refractivity contribution in [3.63, 3.8) is 0 Å². The van der Waals surface area contributed by atoms with E-state index in [4.69, 9.17) is 16.3 Å². The molecule has 1 aromatic carbocycles. The lowest BCUT2D eigenvalue weighted by Gasteiger charge is -2.14. The average molecular weight is 278 g/mol. The Morgan fingerprint density at radius 3 is 2.72 bits per heavy atom. The van der Waals surface area contributed by atoms with E-state index >= 15 is 0 Å². The highest BCUT2D eigenvalue weighted by molar-refractivity contribution is 6.33. The van der Waals surface area contributed by atoms with E-state index in [1.165, 1.54) is 0 Å². The Morgan fingerprint density at radius 2 is 2.17 bits per heavy atom. The van der Waals surface area contributed by atoms with Crippen molar-refractivity contribution in [2.45, 2.75) is 13.8 Å². The number of carbonyl (C=O) groups excluding carboxylic acids is 1. The van der Waals surface area contributed by atoms with Gasteiger partial charge >= 0.3 is 5.97 Å². The molecule has 1 rings (SSSR count). The summed E-state index contributed by atoms with van der Waals surface area (Å²) in [6.07, 6.45) is 0. The molecule has 3 nitrogen and oxygen atoms in total. The summed E-state index contributed by atoms with van der Waals surface area (Å²) in [4.78, 5) is 11.3. The molecule has 0 heterocycles. The summed E-state index contributed by atoms with van der Waals surface area (Å²) >= 11 is 5.70. The van der Waals surface area contributed by atoms with E-state index < -0.39 is 17.6 Å². The molecule has 0 spiro atoms. The van der Waals surface area contributed by atoms with Crippen molar-refractivity contribution in [2.24, 2.45) is 5.92 Å². The summed E-state index contributed by atoms with van der Waals surface area (Å²) in [5.41, 5.74) is -0.0192. The fourth-order valence-electron chi connectivity index (χ4n) is 1.33. The van der Waals surface area contributed by atoms with Gasteiger partial charge in [0.15, 0.2) is 5.82 Å². The Hall–Kier alpha value is -1.36. The number of anilines is 1. The molecule has 0 saturated heterocycles. The van der Waals surface area contributed by atoms with Gasteiger partial charge in [0.1, 0.15) is 5.82 Å². The van der Waals surface area contributed by atoms with Crippen LogP contribution in [0.2, 0.25) is 5.02 Å². The molecule has 1 aromatic rings. The SMILES string of the molecule is CCOC(=O)C(C)CNc1c(F)cc(F)cc1Cl. The van der Waals surface area contributed by atoms with E-state index in [1.807, 2.05) is 0 Å². The number of hydrogen-bond donors (Lipinski definition) is 1. The molecule has 0 amide bonds. The third-order valence-corrected chi connectivity index (χ3v) is 2.58. The number of esters is 1. The molecule has 0 aliphatic heterocycles. The molecule has 6 heteroatoms. The lowest BCUT2D eigenvalue weighted by atomic mass is 10.2. The van der Waals surface area contributed by atoms with Gasteiger partial charge in [0.2, 0.25) is 0 Å². The van der Waals surface area contributed by atoms with E-state index in [9.17, 15) is 13.6 Å². The van der Waals surface area contributed by atoms with Gasteiger partial charge in [0.05, 0.1) is 23.2 Å². The normalized spacial score (nSPS) is 12.1. The minimum Gasteiger partial charge on any atom is -0.466 e. The van der Waals surface area contributed by atoms with Crippen molar-refractivity contribution < 1.29 is 18.3 Å². The molecule has 1 atom stereocenters. The third kappa shape index (κ3) is 3.84. The van der Waals surface area contributed by atoms with Crippen LogP contribution < -0.4 is 5.32 Å². The van der Waals surface area contributed by atoms with Crippen LogP contribution in [0.3, 0.4) is 0 Å². The van der Waals surface area contributed by atoms with Gasteiger partial charge in [-0.05, 0) is 13.0 Å². The van der Waals surface area contributed by atoms with E-state index in [-0.39, 0.29) is 29.8 Å². The third-order valence-electron chi connectivity index (χ3n) is 2.28. The van der Waals surface area contributed by atoms with Gasteiger partial charge in [-0.1, -0.05) is 18.5 Å². The first-order valence-electron chi connectivity index (χ1n) is 5.50. The number of nitrogens with one attached hydrogen (secondary N) is 1. The summed E-state index contributed by atoms with van der Waals surface area (Å²) in [5.74, 6) is -2.38. The van der Waals surface area contributed by atoms with Crippen LogP contribution in [0.1, 0.15) is 13.8 Å². The number of halogens is 3. The first-order valence-corrected chi connectivity index (χ1v) is 5.88. The van der Waals surface area contributed by atoms with Crippen molar-refractivity contribution in [2.75, 3.05) is 18.5 Å². The van der Waals surface area contributed by atoms with Crippen LogP contribution in [0.5, 0.6) is 0 Å². The molecular weight excluding hydrogens is 264 g/mol. The van der Waals surface area contributed by atoms with Gasteiger partial charge in [0.25, 0.3) is 0 Å². The zero-order valence-electron chi connectivity index (χ0n) is 10.1. The Kier molecular flexibility index (Phi) is 5.34. The van der Waals surface area contributed by atoms with Gasteiger partial charge in [-0.25, -0.2) is 8.78 Å². The highest BCUT2D eigenvalue weighted by atomic mass is 35.5. The number of ether oxygens (including phenoxy) is 1. The Balaban J connectivity index is 2.66. The monoisotopic (exact) mass is 277 g/mol. The second-order valence-electron chi connectivity index (χ2n) is 3.78. The van der Waals surface area contributed by atoms with E-state index in [2.05, 4.69) is 5.32 Å². The topological polar surface area (TPSA) is 38.3 Å². The summed E-state index contributed by atoms with van der Waals surface area (Å²) in [5, 5.41) is 2.61. The Labute approximate surface area is 109 Å². The van der Waals surface area contributed by atoms with Gasteiger partial charge in [-0.2, -0.15) is 0 Å². The summed E-state index contributed by atoms with van der Waals surface area (Å²) in [7, 11) is 0. The molecule has 0 aromatic heterocycles. The number of hydrogen-bond acceptors (Lipinski definition) is 3. The van der Waals surface area contributed by atoms with Crippen LogP contribution in [-0.4, -0.2) is 19.1 Å². The molecular formula is C12H14ClF2NO2. The average Bonchev–Trinajstić information content (AvgIpc) is 2.27. The van der Waals surface area contributed by atoms with Gasteiger partial charge in [-0.15, -0.1) is 0 Å². The van der Waals surface area contributed by atoms with Gasteiger partial charge in [0, 0.05) is 12.6 Å². The molecule has 1 unspecified atom stereocenters. The van der Waals surface area contributed by atoms with Crippen molar-refractivity contribution in [3.8, 4) is 0 Å². The van der Waals surface area contributed by atoms with Crippen LogP contribution in [0, 0.1) is 17.6 Å². The second-order valence-corrected chi connectivity index (χ2v) is 4.19. The van der Waals surface area contributed by atoms with Crippen LogP contribution in [0.4, 0.5) is 14.5 Å². The molecule has 100 valence electrons. The largest absolute Gasteiger partial charge is 0.466 e.